The molecule has 0 saturated heterocycles. The van der Waals surface area contributed by atoms with Crippen molar-refractivity contribution in [2.24, 2.45) is 0 Å². The lowest BCUT2D eigenvalue weighted by Gasteiger charge is -2.09. The van der Waals surface area contributed by atoms with E-state index >= 15 is 0 Å². The molecule has 0 aliphatic heterocycles. The molecule has 3 heteroatoms. The van der Waals surface area contributed by atoms with E-state index in [1.165, 1.54) is 12.8 Å². The second kappa shape index (κ2) is 9.75. The van der Waals surface area contributed by atoms with Crippen LogP contribution >= 0.6 is 0 Å². The first-order valence-corrected chi connectivity index (χ1v) is 6.81. The van der Waals surface area contributed by atoms with Gasteiger partial charge in [0.15, 0.2) is 0 Å². The van der Waals surface area contributed by atoms with Crippen LogP contribution in [0.15, 0.2) is 24.0 Å². The number of ether oxygens (including phenoxy) is 2. The van der Waals surface area contributed by atoms with Crippen molar-refractivity contribution in [1.82, 2.24) is 0 Å². The summed E-state index contributed by atoms with van der Waals surface area (Å²) in [6.45, 7) is 3.09. The summed E-state index contributed by atoms with van der Waals surface area (Å²) in [6.07, 6.45) is 13.6. The van der Waals surface area contributed by atoms with Gasteiger partial charge in [0.25, 0.3) is 0 Å². The third kappa shape index (κ3) is 7.15. The van der Waals surface area contributed by atoms with Gasteiger partial charge in [-0.1, -0.05) is 32.3 Å². The van der Waals surface area contributed by atoms with E-state index in [0.29, 0.717) is 19.6 Å². The summed E-state index contributed by atoms with van der Waals surface area (Å²) in [5.74, 6) is 0.673. The molecule has 1 radical (unpaired) electrons. The molecule has 1 rings (SSSR count). The number of carbonyl (C=O) groups excluding carboxylic acids is 1. The Bertz CT molecular complexity index is 292. The summed E-state index contributed by atoms with van der Waals surface area (Å²) < 4.78 is 10.6. The van der Waals surface area contributed by atoms with Crippen LogP contribution in [0.3, 0.4) is 0 Å². The monoisotopic (exact) mass is 251 g/mol. The highest BCUT2D eigenvalue weighted by molar-refractivity contribution is 5.69. The van der Waals surface area contributed by atoms with Gasteiger partial charge < -0.3 is 9.47 Å². The molecule has 0 atom stereocenters. The van der Waals surface area contributed by atoms with E-state index in [-0.39, 0.29) is 5.97 Å². The fourth-order valence-electron chi connectivity index (χ4n) is 1.64. The van der Waals surface area contributed by atoms with Crippen LogP contribution < -0.4 is 0 Å². The normalized spacial score (nSPS) is 14.2. The molecule has 101 valence electrons. The van der Waals surface area contributed by atoms with Crippen LogP contribution in [0.1, 0.15) is 45.4 Å². The van der Waals surface area contributed by atoms with E-state index in [4.69, 9.17) is 9.47 Å². The fourth-order valence-corrected chi connectivity index (χ4v) is 1.64. The lowest BCUT2D eigenvalue weighted by Crippen LogP contribution is -2.09. The molecule has 0 fully saturated rings. The Morgan fingerprint density at radius 1 is 1.28 bits per heavy atom. The van der Waals surface area contributed by atoms with Crippen molar-refractivity contribution in [3.8, 4) is 0 Å². The van der Waals surface area contributed by atoms with E-state index < -0.39 is 0 Å². The average Bonchev–Trinajstić information content (AvgIpc) is 2.40. The molecule has 0 heterocycles. The Kier molecular flexibility index (Phi) is 8.02. The Hall–Kier alpha value is -1.25. The summed E-state index contributed by atoms with van der Waals surface area (Å²) >= 11 is 0. The molecule has 0 aromatic carbocycles. The largest absolute Gasteiger partial charge is 0.493 e. The standard InChI is InChI=1S/C15H23O3/c1-2-3-4-8-12-18-15(16)11-13-17-14-9-6-5-7-10-14/h5-6,9-10H,2-4,7-8,11-13H2,1H3. The molecule has 0 amide bonds. The summed E-state index contributed by atoms with van der Waals surface area (Å²) in [7, 11) is 0. The zero-order valence-corrected chi connectivity index (χ0v) is 11.2. The number of hydrogen-bond donors (Lipinski definition) is 0. The van der Waals surface area contributed by atoms with Gasteiger partial charge in [0.2, 0.25) is 0 Å². The zero-order chi connectivity index (χ0) is 13.1. The second-order valence-corrected chi connectivity index (χ2v) is 4.32. The van der Waals surface area contributed by atoms with Crippen molar-refractivity contribution < 1.29 is 14.3 Å². The van der Waals surface area contributed by atoms with Crippen molar-refractivity contribution in [3.05, 3.63) is 30.4 Å². The van der Waals surface area contributed by atoms with E-state index in [1.807, 2.05) is 18.2 Å². The van der Waals surface area contributed by atoms with Gasteiger partial charge in [-0.2, -0.15) is 0 Å². The molecule has 3 nitrogen and oxygen atoms in total. The van der Waals surface area contributed by atoms with E-state index in [2.05, 4.69) is 13.3 Å². The minimum atomic E-state index is -0.168. The molecule has 0 N–H and O–H groups in total. The van der Waals surface area contributed by atoms with Crippen LogP contribution in [0.25, 0.3) is 0 Å². The number of rotatable bonds is 9. The number of hydrogen-bond acceptors (Lipinski definition) is 3. The molecule has 1 aliphatic rings. The molecule has 0 aromatic rings. The molecule has 0 bridgehead atoms. The highest BCUT2D eigenvalue weighted by Gasteiger charge is 2.04. The number of carbonyl (C=O) groups is 1. The highest BCUT2D eigenvalue weighted by atomic mass is 16.5. The minimum Gasteiger partial charge on any atom is -0.493 e. The Morgan fingerprint density at radius 3 is 2.89 bits per heavy atom. The first-order valence-electron chi connectivity index (χ1n) is 6.81. The van der Waals surface area contributed by atoms with Crippen LogP contribution in [0, 0.1) is 6.42 Å². The van der Waals surface area contributed by atoms with Crippen molar-refractivity contribution in [1.29, 1.82) is 0 Å². The molecule has 0 aromatic heterocycles. The van der Waals surface area contributed by atoms with Crippen LogP contribution in [0.4, 0.5) is 0 Å². The third-order valence-corrected chi connectivity index (χ3v) is 2.69. The van der Waals surface area contributed by atoms with Crippen LogP contribution in [-0.4, -0.2) is 19.2 Å². The predicted molar refractivity (Wildman–Crippen MR) is 71.8 cm³/mol. The number of esters is 1. The van der Waals surface area contributed by atoms with Gasteiger partial charge in [0, 0.05) is 0 Å². The second-order valence-electron chi connectivity index (χ2n) is 4.32. The van der Waals surface area contributed by atoms with Crippen LogP contribution in [0.2, 0.25) is 0 Å². The molecule has 0 spiro atoms. The lowest BCUT2D eigenvalue weighted by atomic mass is 10.2. The summed E-state index contributed by atoms with van der Waals surface area (Å²) in [4.78, 5) is 11.4. The van der Waals surface area contributed by atoms with Crippen molar-refractivity contribution in [3.63, 3.8) is 0 Å². The topological polar surface area (TPSA) is 35.5 Å². The quantitative estimate of drug-likeness (QED) is 0.464. The average molecular weight is 251 g/mol. The zero-order valence-electron chi connectivity index (χ0n) is 11.2. The Balaban J connectivity index is 1.96. The van der Waals surface area contributed by atoms with Crippen molar-refractivity contribution in [2.75, 3.05) is 13.2 Å². The van der Waals surface area contributed by atoms with Gasteiger partial charge in [0.05, 0.1) is 19.6 Å². The maximum atomic E-state index is 11.4. The summed E-state index contributed by atoms with van der Waals surface area (Å²) in [5.41, 5.74) is 0. The van der Waals surface area contributed by atoms with Crippen LogP contribution in [-0.2, 0) is 14.3 Å². The number of unbranched alkanes of at least 4 members (excludes halogenated alkanes) is 3. The maximum Gasteiger partial charge on any atom is 0.309 e. The Morgan fingerprint density at radius 2 is 2.17 bits per heavy atom. The number of allylic oxidation sites excluding steroid dienone is 3. The molecule has 0 saturated carbocycles. The molecular weight excluding hydrogens is 228 g/mol. The van der Waals surface area contributed by atoms with Gasteiger partial charge >= 0.3 is 5.97 Å². The Labute approximate surface area is 110 Å². The van der Waals surface area contributed by atoms with Gasteiger partial charge in [0.1, 0.15) is 5.76 Å². The highest BCUT2D eigenvalue weighted by Crippen LogP contribution is 2.10. The first kappa shape index (κ1) is 14.8. The van der Waals surface area contributed by atoms with Crippen molar-refractivity contribution in [2.45, 2.75) is 45.4 Å². The molecular formula is C15H23O3. The summed E-state index contributed by atoms with van der Waals surface area (Å²) in [5, 5.41) is 0. The first-order chi connectivity index (χ1) is 8.83. The molecule has 1 aliphatic carbocycles. The van der Waals surface area contributed by atoms with Gasteiger partial charge in [-0.15, -0.1) is 0 Å². The fraction of sp³-hybridized carbons (Fsp3) is 0.600. The van der Waals surface area contributed by atoms with Gasteiger partial charge in [-0.3, -0.25) is 4.79 Å². The van der Waals surface area contributed by atoms with Crippen molar-refractivity contribution >= 4 is 5.97 Å². The predicted octanol–water partition coefficient (Wildman–Crippen LogP) is 3.56. The minimum absolute atomic E-state index is 0.168. The van der Waals surface area contributed by atoms with E-state index in [9.17, 15) is 4.79 Å². The van der Waals surface area contributed by atoms with Gasteiger partial charge in [-0.05, 0) is 31.4 Å². The van der Waals surface area contributed by atoms with E-state index in [1.54, 1.807) is 0 Å². The smallest absolute Gasteiger partial charge is 0.309 e. The SMILES string of the molecule is CCCCCCOC(=O)CCOC1=CC[CH]C=C1. The maximum absolute atomic E-state index is 11.4. The van der Waals surface area contributed by atoms with Gasteiger partial charge in [-0.25, -0.2) is 0 Å². The molecule has 18 heavy (non-hydrogen) atoms. The van der Waals surface area contributed by atoms with Crippen LogP contribution in [0.5, 0.6) is 0 Å². The van der Waals surface area contributed by atoms with E-state index in [0.717, 1.165) is 25.0 Å². The molecule has 0 unspecified atom stereocenters. The third-order valence-electron chi connectivity index (χ3n) is 2.69. The summed E-state index contributed by atoms with van der Waals surface area (Å²) in [6, 6.07) is 0. The lowest BCUT2D eigenvalue weighted by molar-refractivity contribution is -0.144.